The highest BCUT2D eigenvalue weighted by molar-refractivity contribution is 5.72. The van der Waals surface area contributed by atoms with Gasteiger partial charge in [-0.25, -0.2) is 14.8 Å². The Morgan fingerprint density at radius 1 is 1.28 bits per heavy atom. The van der Waals surface area contributed by atoms with E-state index < -0.39 is 12.1 Å². The van der Waals surface area contributed by atoms with E-state index in [0.717, 1.165) is 29.9 Å². The highest BCUT2D eigenvalue weighted by Crippen LogP contribution is 2.22. The van der Waals surface area contributed by atoms with Crippen molar-refractivity contribution in [3.8, 4) is 11.5 Å². The predicted molar refractivity (Wildman–Crippen MR) is 137 cm³/mol. The van der Waals surface area contributed by atoms with Crippen LogP contribution in [-0.4, -0.2) is 38.6 Å². The van der Waals surface area contributed by atoms with Crippen molar-refractivity contribution in [2.24, 2.45) is 0 Å². The molecule has 8 heteroatoms. The third kappa shape index (κ3) is 8.09. The minimum absolute atomic E-state index is 0.411. The first-order valence-corrected chi connectivity index (χ1v) is 12.0. The number of allylic oxidation sites excluding steroid dienone is 3. The summed E-state index contributed by atoms with van der Waals surface area (Å²) in [4.78, 5) is 22.5. The highest BCUT2D eigenvalue weighted by Gasteiger charge is 2.19. The molecule has 0 saturated heterocycles. The van der Waals surface area contributed by atoms with E-state index in [1.165, 1.54) is 6.08 Å². The summed E-state index contributed by atoms with van der Waals surface area (Å²) < 4.78 is 17.0. The fourth-order valence-electron chi connectivity index (χ4n) is 3.51. The molecule has 0 amide bonds. The van der Waals surface area contributed by atoms with Crippen LogP contribution in [0.5, 0.6) is 0 Å². The van der Waals surface area contributed by atoms with E-state index >= 15 is 0 Å². The number of hydrogen-bond acceptors (Lipinski definition) is 7. The van der Waals surface area contributed by atoms with Gasteiger partial charge in [-0.1, -0.05) is 50.3 Å². The van der Waals surface area contributed by atoms with E-state index in [-0.39, 0.29) is 0 Å². The molecule has 36 heavy (non-hydrogen) atoms. The molecule has 0 spiro atoms. The van der Waals surface area contributed by atoms with Crippen molar-refractivity contribution < 1.29 is 23.5 Å². The lowest BCUT2D eigenvalue weighted by atomic mass is 10.1. The second-order valence-electron chi connectivity index (χ2n) is 8.27. The first-order valence-electron chi connectivity index (χ1n) is 12.0. The van der Waals surface area contributed by atoms with Gasteiger partial charge >= 0.3 is 5.97 Å². The molecule has 1 unspecified atom stereocenters. The number of rotatable bonds is 15. The Balaban J connectivity index is 1.69. The topological polar surface area (TPSA) is 102 Å². The van der Waals surface area contributed by atoms with Crippen LogP contribution in [0.2, 0.25) is 0 Å². The Labute approximate surface area is 211 Å². The molecule has 1 atom stereocenters. The molecule has 0 aliphatic rings. The lowest BCUT2D eigenvalue weighted by Crippen LogP contribution is -2.24. The molecule has 3 aromatic rings. The van der Waals surface area contributed by atoms with Crippen LogP contribution in [0.4, 0.5) is 0 Å². The first-order chi connectivity index (χ1) is 17.5. The van der Waals surface area contributed by atoms with E-state index in [2.05, 4.69) is 16.5 Å². The van der Waals surface area contributed by atoms with Gasteiger partial charge < -0.3 is 18.7 Å². The number of carboxylic acids is 1. The van der Waals surface area contributed by atoms with Crippen molar-refractivity contribution in [2.45, 2.75) is 52.3 Å². The summed E-state index contributed by atoms with van der Waals surface area (Å²) in [5.41, 5.74) is 1.76. The second kappa shape index (κ2) is 13.8. The molecule has 3 rings (SSSR count). The normalized spacial score (nSPS) is 12.8. The number of carbonyl (C=O) groups is 1. The van der Waals surface area contributed by atoms with E-state index in [1.807, 2.05) is 56.3 Å². The number of carboxylic acid groups (broad SMARTS) is 1. The van der Waals surface area contributed by atoms with E-state index in [9.17, 15) is 9.90 Å². The monoisotopic (exact) mass is 491 g/mol. The highest BCUT2D eigenvalue weighted by atomic mass is 16.5. The van der Waals surface area contributed by atoms with Crippen LogP contribution in [0.25, 0.3) is 11.5 Å². The van der Waals surface area contributed by atoms with E-state index in [0.29, 0.717) is 43.6 Å². The number of oxazole rings is 2. The number of nitrogens with zero attached hydrogens (tertiary/aromatic N) is 3. The van der Waals surface area contributed by atoms with Gasteiger partial charge in [0.25, 0.3) is 0 Å². The number of hydrogen-bond donors (Lipinski definition) is 1. The molecular weight excluding hydrogens is 458 g/mol. The standard InChI is InChI=1S/C28H33N3O5/c1-4-6-15-25(28(32)33)36-23(5-2)14-10-11-17-31(20-26-29-16-18-34-26)19-24-21(3)35-27(30-24)22-12-8-7-9-13-22/h5,7-14,16,18,25H,2,4,6,15,17,19-20H2,1,3H3,(H,32,33)/b11-10+,23-14+. The van der Waals surface area contributed by atoms with E-state index in [1.54, 1.807) is 18.5 Å². The molecule has 0 radical (unpaired) electrons. The SMILES string of the molecule is C=C/C(=C\C=C\CN(Cc1ncco1)Cc1nc(-c2ccccc2)oc1C)OC(CCCC)C(=O)O. The third-order valence-corrected chi connectivity index (χ3v) is 5.46. The Hall–Kier alpha value is -3.91. The molecular formula is C28H33N3O5. The minimum Gasteiger partial charge on any atom is -0.479 e. The summed E-state index contributed by atoms with van der Waals surface area (Å²) in [7, 11) is 0. The van der Waals surface area contributed by atoms with Crippen LogP contribution in [0.15, 0.2) is 88.3 Å². The maximum absolute atomic E-state index is 11.5. The molecule has 1 aromatic carbocycles. The number of benzene rings is 1. The number of unbranched alkanes of at least 4 members (excludes halogenated alkanes) is 1. The molecule has 0 fully saturated rings. The number of aryl methyl sites for hydroxylation is 1. The van der Waals surface area contributed by atoms with Gasteiger partial charge in [0.05, 0.1) is 18.4 Å². The van der Waals surface area contributed by atoms with Crippen LogP contribution in [-0.2, 0) is 22.6 Å². The molecule has 2 heterocycles. The molecule has 0 saturated carbocycles. The number of ether oxygens (including phenoxy) is 1. The Bertz CT molecular complexity index is 1150. The Morgan fingerprint density at radius 2 is 2.08 bits per heavy atom. The molecule has 190 valence electrons. The molecule has 0 aliphatic heterocycles. The smallest absolute Gasteiger partial charge is 0.344 e. The average molecular weight is 492 g/mol. The van der Waals surface area contributed by atoms with Crippen LogP contribution in [0.3, 0.4) is 0 Å². The van der Waals surface area contributed by atoms with Crippen molar-refractivity contribution >= 4 is 5.97 Å². The summed E-state index contributed by atoms with van der Waals surface area (Å²) in [6, 6.07) is 9.78. The number of aliphatic carboxylic acids is 1. The number of aromatic nitrogens is 2. The van der Waals surface area contributed by atoms with Crippen molar-refractivity contribution in [3.63, 3.8) is 0 Å². The fourth-order valence-corrected chi connectivity index (χ4v) is 3.51. The van der Waals surface area contributed by atoms with Crippen LogP contribution in [0.1, 0.15) is 43.5 Å². The van der Waals surface area contributed by atoms with Crippen LogP contribution >= 0.6 is 0 Å². The van der Waals surface area contributed by atoms with Crippen LogP contribution < -0.4 is 0 Å². The molecule has 8 nitrogen and oxygen atoms in total. The zero-order chi connectivity index (χ0) is 25.8. The zero-order valence-electron chi connectivity index (χ0n) is 20.8. The van der Waals surface area contributed by atoms with Crippen LogP contribution in [0, 0.1) is 6.92 Å². The van der Waals surface area contributed by atoms with Gasteiger partial charge in [0.1, 0.15) is 17.8 Å². The van der Waals surface area contributed by atoms with Gasteiger partial charge in [-0.15, -0.1) is 0 Å². The quantitative estimate of drug-likeness (QED) is 0.206. The molecule has 1 N–H and O–H groups in total. The van der Waals surface area contributed by atoms with Crippen molar-refractivity contribution in [1.29, 1.82) is 0 Å². The van der Waals surface area contributed by atoms with Gasteiger partial charge in [-0.3, -0.25) is 4.90 Å². The van der Waals surface area contributed by atoms with Crippen molar-refractivity contribution in [1.82, 2.24) is 14.9 Å². The fraction of sp³-hybridized carbons (Fsp3) is 0.321. The van der Waals surface area contributed by atoms with Crippen molar-refractivity contribution in [3.05, 3.63) is 96.8 Å². The van der Waals surface area contributed by atoms with Gasteiger partial charge in [-0.2, -0.15) is 0 Å². The first kappa shape index (κ1) is 26.7. The minimum atomic E-state index is -0.977. The van der Waals surface area contributed by atoms with Gasteiger partial charge in [0.2, 0.25) is 11.8 Å². The lowest BCUT2D eigenvalue weighted by molar-refractivity contribution is -0.148. The molecule has 2 aromatic heterocycles. The molecule has 0 aliphatic carbocycles. The lowest BCUT2D eigenvalue weighted by Gasteiger charge is -2.18. The summed E-state index contributed by atoms with van der Waals surface area (Å²) in [6.07, 6.45) is 11.4. The molecule has 0 bridgehead atoms. The maximum Gasteiger partial charge on any atom is 0.344 e. The Morgan fingerprint density at radius 3 is 2.75 bits per heavy atom. The maximum atomic E-state index is 11.5. The second-order valence-corrected chi connectivity index (χ2v) is 8.27. The summed E-state index contributed by atoms with van der Waals surface area (Å²) >= 11 is 0. The van der Waals surface area contributed by atoms with Gasteiger partial charge in [-0.05, 0) is 44.1 Å². The largest absolute Gasteiger partial charge is 0.479 e. The van der Waals surface area contributed by atoms with Crippen molar-refractivity contribution in [2.75, 3.05) is 6.54 Å². The van der Waals surface area contributed by atoms with E-state index in [4.69, 9.17) is 18.6 Å². The van der Waals surface area contributed by atoms with Gasteiger partial charge in [0, 0.05) is 18.7 Å². The summed E-state index contributed by atoms with van der Waals surface area (Å²) in [6.45, 7) is 9.23. The average Bonchev–Trinajstić information content (AvgIpc) is 3.53. The summed E-state index contributed by atoms with van der Waals surface area (Å²) in [5, 5.41) is 9.41. The zero-order valence-corrected chi connectivity index (χ0v) is 20.8. The Kier molecular flexibility index (Phi) is 10.3. The van der Waals surface area contributed by atoms with Gasteiger partial charge in [0.15, 0.2) is 6.10 Å². The third-order valence-electron chi connectivity index (χ3n) is 5.46. The summed E-state index contributed by atoms with van der Waals surface area (Å²) in [5.74, 6) is 1.37. The predicted octanol–water partition coefficient (Wildman–Crippen LogP) is 5.93.